The molecule has 8 rings (SSSR count). The molecule has 5 heterocycles. The van der Waals surface area contributed by atoms with Crippen molar-refractivity contribution in [3.8, 4) is 0 Å². The lowest BCUT2D eigenvalue weighted by atomic mass is 9.87. The summed E-state index contributed by atoms with van der Waals surface area (Å²) in [6, 6.07) is 10.1. The van der Waals surface area contributed by atoms with Crippen molar-refractivity contribution in [3.05, 3.63) is 86.1 Å². The second-order valence-electron chi connectivity index (χ2n) is 13.9. The van der Waals surface area contributed by atoms with Gasteiger partial charge in [-0.1, -0.05) is 41.9 Å². The Labute approximate surface area is 300 Å². The van der Waals surface area contributed by atoms with Crippen molar-refractivity contribution in [2.45, 2.75) is 62.1 Å². The van der Waals surface area contributed by atoms with E-state index in [-0.39, 0.29) is 62.7 Å². The number of thioether (sulfide) groups is 1. The van der Waals surface area contributed by atoms with E-state index in [1.165, 1.54) is 29.8 Å². The minimum atomic E-state index is -1.39. The average molecular weight is 736 g/mol. The van der Waals surface area contributed by atoms with Crippen LogP contribution in [0.5, 0.6) is 0 Å². The van der Waals surface area contributed by atoms with E-state index in [9.17, 15) is 34.2 Å². The Morgan fingerprint density at radius 3 is 2.47 bits per heavy atom. The molecule has 3 aromatic rings. The molecule has 15 heteroatoms. The largest absolute Gasteiger partial charge is 0.477 e. The first-order valence-electron chi connectivity index (χ1n) is 17.0. The lowest BCUT2D eigenvalue weighted by molar-refractivity contribution is -0.148. The average Bonchev–Trinajstić information content (AvgIpc) is 3.85. The van der Waals surface area contributed by atoms with E-state index in [1.54, 1.807) is 4.57 Å². The summed E-state index contributed by atoms with van der Waals surface area (Å²) in [6.07, 6.45) is 3.56. The lowest BCUT2D eigenvalue weighted by Crippen LogP contribution is -2.63. The maximum Gasteiger partial charge on any atom is 0.352 e. The molecule has 1 aliphatic carbocycles. The molecule has 4 aliphatic heterocycles. The van der Waals surface area contributed by atoms with Crippen LogP contribution in [0.1, 0.15) is 60.5 Å². The molecular formula is C36H35ClFN5O7S. The molecule has 266 valence electrons. The summed E-state index contributed by atoms with van der Waals surface area (Å²) in [5, 5.41) is 22.7. The summed E-state index contributed by atoms with van der Waals surface area (Å²) in [4.78, 5) is 69.5. The van der Waals surface area contributed by atoms with Crippen molar-refractivity contribution < 1.29 is 33.8 Å². The van der Waals surface area contributed by atoms with E-state index in [2.05, 4.69) is 10.2 Å². The molecule has 0 bridgehead atoms. The van der Waals surface area contributed by atoms with Gasteiger partial charge >= 0.3 is 11.9 Å². The number of carboxylic acid groups (broad SMARTS) is 2. The zero-order valence-electron chi connectivity index (χ0n) is 27.6. The lowest BCUT2D eigenvalue weighted by Gasteiger charge is -2.52. The van der Waals surface area contributed by atoms with Crippen LogP contribution in [0, 0.1) is 11.7 Å². The number of nitrogens with one attached hydrogen (secondary N) is 1. The van der Waals surface area contributed by atoms with E-state index in [0.717, 1.165) is 37.3 Å². The van der Waals surface area contributed by atoms with Crippen LogP contribution in [-0.4, -0.2) is 91.3 Å². The number of carbonyl (C=O) groups excluding carboxylic acids is 2. The predicted octanol–water partition coefficient (Wildman–Crippen LogP) is 4.23. The minimum absolute atomic E-state index is 0.00663. The molecule has 4 fully saturated rings. The highest BCUT2D eigenvalue weighted by molar-refractivity contribution is 8.00. The molecule has 5 atom stereocenters. The fraction of sp³-hybridized carbons (Fsp3) is 0.417. The molecule has 1 aromatic heterocycles. The Morgan fingerprint density at radius 1 is 1.06 bits per heavy atom. The van der Waals surface area contributed by atoms with Crippen LogP contribution >= 0.6 is 23.4 Å². The first-order chi connectivity index (χ1) is 24.5. The molecule has 3 saturated heterocycles. The monoisotopic (exact) mass is 735 g/mol. The highest BCUT2D eigenvalue weighted by Gasteiger charge is 2.55. The first-order valence-corrected chi connectivity index (χ1v) is 18.4. The number of anilines is 1. The van der Waals surface area contributed by atoms with Gasteiger partial charge < -0.3 is 25.0 Å². The number of halogens is 2. The minimum Gasteiger partial charge on any atom is -0.477 e. The Kier molecular flexibility index (Phi) is 8.38. The number of carbonyl (C=O) groups is 4. The highest BCUT2D eigenvalue weighted by Crippen LogP contribution is 2.50. The molecule has 0 radical (unpaired) electrons. The van der Waals surface area contributed by atoms with Crippen molar-refractivity contribution in [2.75, 3.05) is 30.3 Å². The number of carboxylic acids is 2. The second kappa shape index (κ2) is 12.7. The number of hydrogen-bond acceptors (Lipinski definition) is 8. The van der Waals surface area contributed by atoms with Crippen LogP contribution in [0.15, 0.2) is 58.7 Å². The number of aromatic carboxylic acids is 1. The number of piperidine rings is 1. The molecule has 5 aliphatic rings. The summed E-state index contributed by atoms with van der Waals surface area (Å²) in [6.45, 7) is 2.61. The van der Waals surface area contributed by atoms with Gasteiger partial charge in [0.1, 0.15) is 23.2 Å². The summed E-state index contributed by atoms with van der Waals surface area (Å²) in [5.41, 5.74) is 0.306. The predicted molar refractivity (Wildman–Crippen MR) is 188 cm³/mol. The fourth-order valence-electron chi connectivity index (χ4n) is 8.48. The summed E-state index contributed by atoms with van der Waals surface area (Å²) in [7, 11) is 0. The van der Waals surface area contributed by atoms with E-state index in [4.69, 9.17) is 11.6 Å². The van der Waals surface area contributed by atoms with Gasteiger partial charge in [-0.3, -0.25) is 24.2 Å². The number of fused-ring (bicyclic) bond motifs is 3. The van der Waals surface area contributed by atoms with Crippen LogP contribution < -0.4 is 15.6 Å². The van der Waals surface area contributed by atoms with Gasteiger partial charge in [-0.25, -0.2) is 14.0 Å². The Balaban J connectivity index is 1.15. The number of aromatic nitrogens is 1. The number of amides is 2. The smallest absolute Gasteiger partial charge is 0.352 e. The fourth-order valence-corrected chi connectivity index (χ4v) is 10.4. The number of rotatable bonds is 8. The van der Waals surface area contributed by atoms with Crippen LogP contribution in [-0.2, 0) is 14.4 Å². The summed E-state index contributed by atoms with van der Waals surface area (Å²) in [5.74, 6) is -4.23. The van der Waals surface area contributed by atoms with Crippen molar-refractivity contribution >= 4 is 63.7 Å². The van der Waals surface area contributed by atoms with Crippen molar-refractivity contribution in [1.29, 1.82) is 0 Å². The van der Waals surface area contributed by atoms with Gasteiger partial charge in [-0.15, -0.1) is 11.8 Å². The Bertz CT molecular complexity index is 2110. The SMILES string of the molecule is CC(=O)NC(C1=C(C(=O)O)N2C(=O)[C@@H](c3ccccc3)[C@H]2SC1)N1CCC[C@H]2CN(c3c(F)cc4c(=O)c(C(=O)O)cn(C5CC5)c4c3Cl)C[C@H]21. The molecular weight excluding hydrogens is 701 g/mol. The topological polar surface area (TPSA) is 152 Å². The number of β-lactam (4-membered cyclic amide) rings is 1. The van der Waals surface area contributed by atoms with Crippen LogP contribution in [0.25, 0.3) is 10.9 Å². The van der Waals surface area contributed by atoms with Crippen LogP contribution in [0.4, 0.5) is 10.1 Å². The molecule has 3 N–H and O–H groups in total. The maximum atomic E-state index is 16.1. The van der Waals surface area contributed by atoms with Gasteiger partial charge in [0.25, 0.3) is 0 Å². The van der Waals surface area contributed by atoms with E-state index in [1.807, 2.05) is 35.2 Å². The summed E-state index contributed by atoms with van der Waals surface area (Å²) >= 11 is 8.45. The number of hydrogen-bond donors (Lipinski definition) is 3. The van der Waals surface area contributed by atoms with E-state index >= 15 is 4.39 Å². The van der Waals surface area contributed by atoms with Crippen LogP contribution in [0.2, 0.25) is 5.02 Å². The third-order valence-corrected chi connectivity index (χ3v) is 12.5. The quantitative estimate of drug-likeness (QED) is 0.287. The molecule has 2 amide bonds. The highest BCUT2D eigenvalue weighted by atomic mass is 35.5. The van der Waals surface area contributed by atoms with E-state index < -0.39 is 40.8 Å². The summed E-state index contributed by atoms with van der Waals surface area (Å²) < 4.78 is 17.8. The maximum absolute atomic E-state index is 16.1. The number of aliphatic carboxylic acids is 1. The van der Waals surface area contributed by atoms with Gasteiger partial charge in [0, 0.05) is 56.2 Å². The zero-order valence-corrected chi connectivity index (χ0v) is 29.1. The van der Waals surface area contributed by atoms with Gasteiger partial charge in [-0.05, 0) is 43.2 Å². The number of likely N-dealkylation sites (tertiary alicyclic amines) is 1. The van der Waals surface area contributed by atoms with Crippen molar-refractivity contribution in [2.24, 2.45) is 5.92 Å². The van der Waals surface area contributed by atoms with Gasteiger partial charge in [0.15, 0.2) is 0 Å². The number of pyridine rings is 1. The number of nitrogens with zero attached hydrogens (tertiary/aromatic N) is 4. The zero-order chi connectivity index (χ0) is 35.9. The van der Waals surface area contributed by atoms with Gasteiger partial charge in [0.2, 0.25) is 17.2 Å². The second-order valence-corrected chi connectivity index (χ2v) is 15.4. The molecule has 1 saturated carbocycles. The van der Waals surface area contributed by atoms with Gasteiger partial charge in [-0.2, -0.15) is 0 Å². The number of benzene rings is 2. The standard InChI is InChI=1S/C36H35ClFN5O7S/c1-17(44)39-32(23-16-51-34-26(18-6-3-2-4-7-18)33(46)43(34)29(23)36(49)50)41-11-5-8-19-13-40(15-25(19)41)30-24(38)12-21-28(27(30)37)42(20-9-10-20)14-22(31(21)45)35(47)48/h2-4,6-7,12,14,19-20,25-26,32,34H,5,8-11,13,15-16H2,1H3,(H,39,44)(H,47,48)(H,49,50)/t19-,25+,26+,32?,34+/m0/s1. The third kappa shape index (κ3) is 5.49. The molecule has 1 unspecified atom stereocenters. The third-order valence-electron chi connectivity index (χ3n) is 10.9. The molecule has 51 heavy (non-hydrogen) atoms. The molecule has 2 aromatic carbocycles. The van der Waals surface area contributed by atoms with Crippen molar-refractivity contribution in [3.63, 3.8) is 0 Å². The molecule has 12 nitrogen and oxygen atoms in total. The van der Waals surface area contributed by atoms with Crippen molar-refractivity contribution in [1.82, 2.24) is 19.7 Å². The Morgan fingerprint density at radius 2 is 1.80 bits per heavy atom. The van der Waals surface area contributed by atoms with Crippen LogP contribution in [0.3, 0.4) is 0 Å². The normalized spacial score (nSPS) is 25.4. The first kappa shape index (κ1) is 33.7. The Hall–Kier alpha value is -4.40. The van der Waals surface area contributed by atoms with E-state index in [0.29, 0.717) is 30.7 Å². The molecule has 0 spiro atoms. The van der Waals surface area contributed by atoms with Gasteiger partial charge in [0.05, 0.1) is 32.9 Å².